The first kappa shape index (κ1) is 22.3. The highest BCUT2D eigenvalue weighted by atomic mass is 19.3. The molecule has 0 aliphatic heterocycles. The summed E-state index contributed by atoms with van der Waals surface area (Å²) in [6, 6.07) is 24.7. The van der Waals surface area contributed by atoms with Crippen LogP contribution < -0.4 is 14.8 Å². The summed E-state index contributed by atoms with van der Waals surface area (Å²) in [5, 5.41) is 2.93. The number of nitrogens with one attached hydrogen (secondary N) is 1. The Morgan fingerprint density at radius 3 is 2.06 bits per heavy atom. The van der Waals surface area contributed by atoms with Gasteiger partial charge in [0.2, 0.25) is 5.91 Å². The Balaban J connectivity index is 1.61. The molecule has 0 radical (unpaired) electrons. The Morgan fingerprint density at radius 2 is 1.52 bits per heavy atom. The monoisotopic (exact) mass is 425 g/mol. The molecule has 0 unspecified atom stereocenters. The van der Waals surface area contributed by atoms with Crippen LogP contribution in [0.2, 0.25) is 0 Å². The second kappa shape index (κ2) is 11.1. The number of rotatable bonds is 10. The van der Waals surface area contributed by atoms with Crippen molar-refractivity contribution in [2.75, 3.05) is 13.7 Å². The Bertz CT molecular complexity index is 926. The molecule has 3 aromatic rings. The predicted octanol–water partition coefficient (Wildman–Crippen LogP) is 5.18. The van der Waals surface area contributed by atoms with Crippen LogP contribution in [0.3, 0.4) is 0 Å². The maximum absolute atomic E-state index is 12.6. The molecule has 0 atom stereocenters. The Hall–Kier alpha value is -3.41. The van der Waals surface area contributed by atoms with Gasteiger partial charge in [-0.15, -0.1) is 0 Å². The molecule has 31 heavy (non-hydrogen) atoms. The molecule has 3 rings (SSSR count). The van der Waals surface area contributed by atoms with Gasteiger partial charge in [0.05, 0.1) is 7.11 Å². The van der Waals surface area contributed by atoms with E-state index in [-0.39, 0.29) is 23.3 Å². The highest BCUT2D eigenvalue weighted by molar-refractivity contribution is 5.77. The number of hydrogen-bond acceptors (Lipinski definition) is 3. The molecular formula is C25H25F2NO3. The van der Waals surface area contributed by atoms with Gasteiger partial charge in [-0.1, -0.05) is 66.7 Å². The van der Waals surface area contributed by atoms with E-state index in [0.717, 1.165) is 16.7 Å². The minimum atomic E-state index is -2.93. The quantitative estimate of drug-likeness (QED) is 0.487. The zero-order valence-corrected chi connectivity index (χ0v) is 17.3. The van der Waals surface area contributed by atoms with E-state index in [1.807, 2.05) is 60.7 Å². The summed E-state index contributed by atoms with van der Waals surface area (Å²) in [5.74, 6) is 0.0981. The molecule has 0 spiro atoms. The van der Waals surface area contributed by atoms with E-state index in [1.165, 1.54) is 13.2 Å². The van der Waals surface area contributed by atoms with Crippen LogP contribution in [0.5, 0.6) is 11.5 Å². The fourth-order valence-corrected chi connectivity index (χ4v) is 3.47. The van der Waals surface area contributed by atoms with Crippen molar-refractivity contribution in [3.05, 3.63) is 95.6 Å². The van der Waals surface area contributed by atoms with Crippen molar-refractivity contribution in [2.24, 2.45) is 0 Å². The van der Waals surface area contributed by atoms with Crippen LogP contribution in [-0.4, -0.2) is 26.2 Å². The summed E-state index contributed by atoms with van der Waals surface area (Å²) in [7, 11) is 1.39. The number of hydrogen-bond donors (Lipinski definition) is 1. The van der Waals surface area contributed by atoms with Crippen molar-refractivity contribution in [2.45, 2.75) is 25.4 Å². The number of ether oxygens (including phenoxy) is 2. The average molecular weight is 425 g/mol. The molecule has 0 saturated heterocycles. The molecular weight excluding hydrogens is 400 g/mol. The smallest absolute Gasteiger partial charge is 0.387 e. The van der Waals surface area contributed by atoms with E-state index < -0.39 is 6.61 Å². The van der Waals surface area contributed by atoms with E-state index in [4.69, 9.17) is 4.74 Å². The average Bonchev–Trinajstić information content (AvgIpc) is 2.78. The van der Waals surface area contributed by atoms with Gasteiger partial charge in [-0.25, -0.2) is 0 Å². The SMILES string of the molecule is COc1ccc(CCNC(=O)CC(c2ccccc2)c2ccccc2)cc1OC(F)F. The summed E-state index contributed by atoms with van der Waals surface area (Å²) in [6.45, 7) is -2.55. The van der Waals surface area contributed by atoms with E-state index in [2.05, 4.69) is 10.1 Å². The van der Waals surface area contributed by atoms with Gasteiger partial charge in [-0.2, -0.15) is 8.78 Å². The Labute approximate surface area is 180 Å². The highest BCUT2D eigenvalue weighted by Crippen LogP contribution is 2.30. The summed E-state index contributed by atoms with van der Waals surface area (Å²) in [5.41, 5.74) is 2.92. The lowest BCUT2D eigenvalue weighted by Crippen LogP contribution is -2.27. The van der Waals surface area contributed by atoms with Gasteiger partial charge in [0.25, 0.3) is 0 Å². The van der Waals surface area contributed by atoms with E-state index >= 15 is 0 Å². The first-order valence-corrected chi connectivity index (χ1v) is 10.0. The van der Waals surface area contributed by atoms with E-state index in [9.17, 15) is 13.6 Å². The van der Waals surface area contributed by atoms with Gasteiger partial charge in [0.1, 0.15) is 0 Å². The maximum atomic E-state index is 12.6. The molecule has 0 aromatic heterocycles. The molecule has 0 bridgehead atoms. The molecule has 6 heteroatoms. The number of alkyl halides is 2. The zero-order chi connectivity index (χ0) is 22.1. The third-order valence-corrected chi connectivity index (χ3v) is 4.97. The molecule has 0 aliphatic rings. The van der Waals surface area contributed by atoms with Crippen molar-refractivity contribution in [1.29, 1.82) is 0 Å². The molecule has 3 aromatic carbocycles. The zero-order valence-electron chi connectivity index (χ0n) is 17.3. The number of amides is 1. The molecule has 0 saturated carbocycles. The number of carbonyl (C=O) groups is 1. The molecule has 1 amide bonds. The van der Waals surface area contributed by atoms with Crippen LogP contribution in [0.15, 0.2) is 78.9 Å². The van der Waals surface area contributed by atoms with Crippen LogP contribution in [0.4, 0.5) is 8.78 Å². The van der Waals surface area contributed by atoms with E-state index in [1.54, 1.807) is 12.1 Å². The van der Waals surface area contributed by atoms with Gasteiger partial charge in [-0.05, 0) is 35.2 Å². The summed E-state index contributed by atoms with van der Waals surface area (Å²) in [4.78, 5) is 12.6. The first-order chi connectivity index (χ1) is 15.1. The number of benzene rings is 3. The minimum absolute atomic E-state index is 0.0189. The molecule has 0 fully saturated rings. The van der Waals surface area contributed by atoms with Gasteiger partial charge >= 0.3 is 6.61 Å². The fraction of sp³-hybridized carbons (Fsp3) is 0.240. The van der Waals surface area contributed by atoms with Crippen molar-refractivity contribution in [3.63, 3.8) is 0 Å². The topological polar surface area (TPSA) is 47.6 Å². The van der Waals surface area contributed by atoms with Crippen LogP contribution in [-0.2, 0) is 11.2 Å². The summed E-state index contributed by atoms with van der Waals surface area (Å²) < 4.78 is 34.7. The predicted molar refractivity (Wildman–Crippen MR) is 116 cm³/mol. The van der Waals surface area contributed by atoms with Crippen LogP contribution in [0.25, 0.3) is 0 Å². The van der Waals surface area contributed by atoms with Crippen molar-refractivity contribution >= 4 is 5.91 Å². The fourth-order valence-electron chi connectivity index (χ4n) is 3.47. The third-order valence-electron chi connectivity index (χ3n) is 4.97. The molecule has 0 aliphatic carbocycles. The van der Waals surface area contributed by atoms with Gasteiger partial charge < -0.3 is 14.8 Å². The second-order valence-electron chi connectivity index (χ2n) is 7.04. The van der Waals surface area contributed by atoms with Crippen molar-refractivity contribution in [3.8, 4) is 11.5 Å². The lowest BCUT2D eigenvalue weighted by atomic mass is 9.88. The Kier molecular flexibility index (Phi) is 7.98. The second-order valence-corrected chi connectivity index (χ2v) is 7.04. The lowest BCUT2D eigenvalue weighted by Gasteiger charge is -2.18. The third kappa shape index (κ3) is 6.54. The van der Waals surface area contributed by atoms with Crippen LogP contribution in [0, 0.1) is 0 Å². The van der Waals surface area contributed by atoms with Crippen LogP contribution in [0.1, 0.15) is 29.0 Å². The van der Waals surface area contributed by atoms with Crippen LogP contribution >= 0.6 is 0 Å². The maximum Gasteiger partial charge on any atom is 0.387 e. The largest absolute Gasteiger partial charge is 0.493 e. The standard InChI is InChI=1S/C25H25F2NO3/c1-30-22-13-12-18(16-23(22)31-25(26)27)14-15-28-24(29)17-21(19-8-4-2-5-9-19)20-10-6-3-7-11-20/h2-13,16,21,25H,14-15,17H2,1H3,(H,28,29). The molecule has 1 N–H and O–H groups in total. The van der Waals surface area contributed by atoms with Gasteiger partial charge in [0, 0.05) is 18.9 Å². The number of methoxy groups -OCH3 is 1. The molecule has 0 heterocycles. The van der Waals surface area contributed by atoms with Crippen molar-refractivity contribution in [1.82, 2.24) is 5.32 Å². The van der Waals surface area contributed by atoms with Gasteiger partial charge in [-0.3, -0.25) is 4.79 Å². The summed E-state index contributed by atoms with van der Waals surface area (Å²) >= 11 is 0. The molecule has 4 nitrogen and oxygen atoms in total. The van der Waals surface area contributed by atoms with Crippen molar-refractivity contribution < 1.29 is 23.0 Å². The first-order valence-electron chi connectivity index (χ1n) is 10.0. The highest BCUT2D eigenvalue weighted by Gasteiger charge is 2.18. The Morgan fingerprint density at radius 1 is 0.903 bits per heavy atom. The van der Waals surface area contributed by atoms with E-state index in [0.29, 0.717) is 19.4 Å². The minimum Gasteiger partial charge on any atom is -0.493 e. The summed E-state index contributed by atoms with van der Waals surface area (Å²) in [6.07, 6.45) is 0.799. The lowest BCUT2D eigenvalue weighted by molar-refractivity contribution is -0.121. The molecule has 162 valence electrons. The normalized spacial score (nSPS) is 10.9. The number of carbonyl (C=O) groups excluding carboxylic acids is 1. The van der Waals surface area contributed by atoms with Gasteiger partial charge in [0.15, 0.2) is 11.5 Å². The number of halogens is 2.